The summed E-state index contributed by atoms with van der Waals surface area (Å²) in [5.74, 6) is 1.25. The predicted molar refractivity (Wildman–Crippen MR) is 49.9 cm³/mol. The number of nitrogens with two attached hydrogens (primary N) is 1. The highest BCUT2D eigenvalue weighted by atomic mass is 15.2. The molecule has 0 radical (unpaired) electrons. The van der Waals surface area contributed by atoms with E-state index in [1.54, 1.807) is 0 Å². The number of nitrogen functional groups attached to an aromatic ring is 1. The molecule has 0 aliphatic rings. The lowest BCUT2D eigenvalue weighted by atomic mass is 10.2. The van der Waals surface area contributed by atoms with E-state index in [9.17, 15) is 0 Å². The molecule has 0 bridgehead atoms. The van der Waals surface area contributed by atoms with Crippen LogP contribution in [0, 0.1) is 0 Å². The van der Waals surface area contributed by atoms with Crippen LogP contribution in [0.25, 0.3) is 0 Å². The Hall–Kier alpha value is -0.990. The fraction of sp³-hybridized carbons (Fsp3) is 0.667. The minimum absolute atomic E-state index is 0.425. The average molecular weight is 168 g/mol. The van der Waals surface area contributed by atoms with Crippen molar-refractivity contribution in [2.45, 2.75) is 39.7 Å². The molecule has 0 aliphatic heterocycles. The van der Waals surface area contributed by atoms with Gasteiger partial charge in [0, 0.05) is 5.92 Å². The van der Waals surface area contributed by atoms with Gasteiger partial charge in [-0.3, -0.25) is 5.73 Å². The van der Waals surface area contributed by atoms with Gasteiger partial charge in [-0.1, -0.05) is 13.8 Å². The first-order valence-corrected chi connectivity index (χ1v) is 4.42. The molecular formula is C9H18N3+. The molecule has 0 aliphatic carbocycles. The summed E-state index contributed by atoms with van der Waals surface area (Å²) < 4.78 is 2.05. The van der Waals surface area contributed by atoms with Gasteiger partial charge in [0.15, 0.2) is 0 Å². The number of rotatable bonds is 2. The monoisotopic (exact) mass is 168 g/mol. The van der Waals surface area contributed by atoms with Crippen molar-refractivity contribution < 1.29 is 4.57 Å². The van der Waals surface area contributed by atoms with Gasteiger partial charge in [0.25, 0.3) is 0 Å². The summed E-state index contributed by atoms with van der Waals surface area (Å²) in [5, 5.41) is 0. The van der Waals surface area contributed by atoms with Gasteiger partial charge >= 0.3 is 5.95 Å². The van der Waals surface area contributed by atoms with Gasteiger partial charge in [-0.25, -0.2) is 9.55 Å². The molecule has 0 fully saturated rings. The number of hydrogen-bond acceptors (Lipinski definition) is 1. The molecule has 0 spiro atoms. The Morgan fingerprint density at radius 1 is 1.33 bits per heavy atom. The van der Waals surface area contributed by atoms with Crippen LogP contribution in [0.1, 0.15) is 45.3 Å². The largest absolute Gasteiger partial charge is 0.353 e. The number of aromatic amines is 1. The number of hydrogen-bond donors (Lipinski definition) is 2. The number of aromatic nitrogens is 2. The SMILES string of the molecule is CC(C)c1c[n+](C(C)C)c(N)[nH]1. The Balaban J connectivity index is 3.00. The molecule has 0 saturated heterocycles. The second-order valence-electron chi connectivity index (χ2n) is 3.75. The van der Waals surface area contributed by atoms with Crippen molar-refractivity contribution in [1.29, 1.82) is 0 Å². The van der Waals surface area contributed by atoms with Crippen molar-refractivity contribution in [1.82, 2.24) is 4.98 Å². The highest BCUT2D eigenvalue weighted by Crippen LogP contribution is 2.11. The third kappa shape index (κ3) is 1.60. The van der Waals surface area contributed by atoms with Crippen LogP contribution in [0.2, 0.25) is 0 Å². The Morgan fingerprint density at radius 2 is 1.92 bits per heavy atom. The Kier molecular flexibility index (Phi) is 2.40. The van der Waals surface area contributed by atoms with E-state index in [0.29, 0.717) is 12.0 Å². The van der Waals surface area contributed by atoms with Gasteiger partial charge in [-0.05, 0) is 13.8 Å². The van der Waals surface area contributed by atoms with Crippen LogP contribution in [-0.4, -0.2) is 4.98 Å². The molecule has 3 nitrogen and oxygen atoms in total. The standard InChI is InChI=1S/C9H17N3/c1-6(2)8-5-12(7(3)4)9(10)11-8/h5-7H,1-4H3,(H2,10,11)/p+1. The molecule has 0 atom stereocenters. The fourth-order valence-corrected chi connectivity index (χ4v) is 1.18. The lowest BCUT2D eigenvalue weighted by molar-refractivity contribution is -0.701. The topological polar surface area (TPSA) is 45.7 Å². The summed E-state index contributed by atoms with van der Waals surface area (Å²) in [5.41, 5.74) is 6.98. The maximum Gasteiger partial charge on any atom is 0.353 e. The molecular weight excluding hydrogens is 150 g/mol. The van der Waals surface area contributed by atoms with E-state index in [-0.39, 0.29) is 0 Å². The molecule has 68 valence electrons. The quantitative estimate of drug-likeness (QED) is 0.647. The Labute approximate surface area is 73.6 Å². The van der Waals surface area contributed by atoms with Crippen LogP contribution in [0.4, 0.5) is 5.95 Å². The van der Waals surface area contributed by atoms with E-state index in [4.69, 9.17) is 5.73 Å². The number of imidazole rings is 1. The summed E-state index contributed by atoms with van der Waals surface area (Å²) in [7, 11) is 0. The Morgan fingerprint density at radius 3 is 2.17 bits per heavy atom. The summed E-state index contributed by atoms with van der Waals surface area (Å²) in [6.07, 6.45) is 2.09. The number of nitrogens with zero attached hydrogens (tertiary/aromatic N) is 1. The van der Waals surface area contributed by atoms with Gasteiger partial charge in [0.05, 0.1) is 6.04 Å². The smallest absolute Gasteiger partial charge is 0.290 e. The van der Waals surface area contributed by atoms with Crippen molar-refractivity contribution >= 4 is 5.95 Å². The molecule has 3 N–H and O–H groups in total. The molecule has 1 aromatic heterocycles. The highest BCUT2D eigenvalue weighted by molar-refractivity contribution is 5.12. The fourth-order valence-electron chi connectivity index (χ4n) is 1.18. The summed E-state index contributed by atoms with van der Waals surface area (Å²) in [6, 6.07) is 0.425. The van der Waals surface area contributed by atoms with Crippen LogP contribution in [0.3, 0.4) is 0 Å². The minimum atomic E-state index is 0.425. The number of anilines is 1. The molecule has 0 saturated carbocycles. The molecule has 12 heavy (non-hydrogen) atoms. The zero-order valence-electron chi connectivity index (χ0n) is 8.26. The number of nitrogens with one attached hydrogen (secondary N) is 1. The Bertz CT molecular complexity index is 261. The first-order valence-electron chi connectivity index (χ1n) is 4.42. The third-order valence-corrected chi connectivity index (χ3v) is 2.01. The van der Waals surface area contributed by atoms with Crippen molar-refractivity contribution in [2.24, 2.45) is 0 Å². The second kappa shape index (κ2) is 3.17. The minimum Gasteiger partial charge on any atom is -0.290 e. The predicted octanol–water partition coefficient (Wildman–Crippen LogP) is 1.59. The van der Waals surface area contributed by atoms with Crippen LogP contribution in [0.5, 0.6) is 0 Å². The normalized spacial score (nSPS) is 11.5. The first-order chi connectivity index (χ1) is 5.52. The molecule has 1 aromatic rings. The van der Waals surface area contributed by atoms with E-state index in [0.717, 1.165) is 5.95 Å². The third-order valence-electron chi connectivity index (χ3n) is 2.01. The van der Waals surface area contributed by atoms with Crippen LogP contribution in [0.15, 0.2) is 6.20 Å². The van der Waals surface area contributed by atoms with E-state index in [1.807, 2.05) is 0 Å². The highest BCUT2D eigenvalue weighted by Gasteiger charge is 2.14. The lowest BCUT2D eigenvalue weighted by Crippen LogP contribution is -2.36. The van der Waals surface area contributed by atoms with E-state index in [2.05, 4.69) is 43.4 Å². The van der Waals surface area contributed by atoms with Crippen molar-refractivity contribution in [2.75, 3.05) is 5.73 Å². The second-order valence-corrected chi connectivity index (χ2v) is 3.75. The molecule has 0 aromatic carbocycles. The van der Waals surface area contributed by atoms with Crippen LogP contribution in [-0.2, 0) is 0 Å². The van der Waals surface area contributed by atoms with E-state index < -0.39 is 0 Å². The van der Waals surface area contributed by atoms with Gasteiger partial charge in [-0.2, -0.15) is 0 Å². The van der Waals surface area contributed by atoms with Gasteiger partial charge < -0.3 is 0 Å². The zero-order chi connectivity index (χ0) is 9.30. The maximum absolute atomic E-state index is 5.79. The first kappa shape index (κ1) is 9.10. The summed E-state index contributed by atoms with van der Waals surface area (Å²) >= 11 is 0. The maximum atomic E-state index is 5.79. The lowest BCUT2D eigenvalue weighted by Gasteiger charge is -2.00. The summed E-state index contributed by atoms with van der Waals surface area (Å²) in [6.45, 7) is 8.54. The summed E-state index contributed by atoms with van der Waals surface area (Å²) in [4.78, 5) is 3.17. The van der Waals surface area contributed by atoms with Crippen LogP contribution >= 0.6 is 0 Å². The van der Waals surface area contributed by atoms with Crippen LogP contribution < -0.4 is 10.3 Å². The van der Waals surface area contributed by atoms with Crippen molar-refractivity contribution in [3.63, 3.8) is 0 Å². The van der Waals surface area contributed by atoms with Gasteiger partial charge in [-0.15, -0.1) is 0 Å². The zero-order valence-corrected chi connectivity index (χ0v) is 8.26. The van der Waals surface area contributed by atoms with Gasteiger partial charge in [0.2, 0.25) is 0 Å². The molecule has 0 amide bonds. The molecule has 1 heterocycles. The molecule has 1 rings (SSSR count). The van der Waals surface area contributed by atoms with E-state index >= 15 is 0 Å². The average Bonchev–Trinajstić information content (AvgIpc) is 2.30. The molecule has 3 heteroatoms. The number of H-pyrrole nitrogens is 1. The van der Waals surface area contributed by atoms with E-state index in [1.165, 1.54) is 5.69 Å². The van der Waals surface area contributed by atoms with Crippen molar-refractivity contribution in [3.05, 3.63) is 11.9 Å². The molecule has 0 unspecified atom stereocenters. The van der Waals surface area contributed by atoms with Crippen molar-refractivity contribution in [3.8, 4) is 0 Å². The van der Waals surface area contributed by atoms with Gasteiger partial charge in [0.1, 0.15) is 11.9 Å².